The van der Waals surface area contributed by atoms with Crippen molar-refractivity contribution >= 4 is 28.5 Å². The Morgan fingerprint density at radius 3 is 2.83 bits per heavy atom. The van der Waals surface area contributed by atoms with Crippen LogP contribution in [0, 0.1) is 5.92 Å². The van der Waals surface area contributed by atoms with Crippen LogP contribution in [0.25, 0.3) is 10.9 Å². The number of anilines is 1. The van der Waals surface area contributed by atoms with Gasteiger partial charge in [-0.1, -0.05) is 24.8 Å². The fourth-order valence-electron chi connectivity index (χ4n) is 3.50. The fraction of sp³-hybridized carbons (Fsp3) is 0.227. The molecule has 1 aromatic carbocycles. The molecule has 1 aliphatic rings. The van der Waals surface area contributed by atoms with Crippen LogP contribution in [-0.2, 0) is 11.2 Å². The van der Waals surface area contributed by atoms with E-state index < -0.39 is 0 Å². The Morgan fingerprint density at radius 1 is 1.17 bits per heavy atom. The van der Waals surface area contributed by atoms with E-state index in [0.29, 0.717) is 30.4 Å². The maximum Gasteiger partial charge on any atom is 0.255 e. The molecule has 0 aliphatic carbocycles. The number of benzene rings is 1. The fourth-order valence-corrected chi connectivity index (χ4v) is 3.50. The van der Waals surface area contributed by atoms with Crippen molar-refractivity contribution in [2.75, 3.05) is 18.4 Å². The lowest BCUT2D eigenvalue weighted by Crippen LogP contribution is -2.29. The maximum absolute atomic E-state index is 12.8. The molecule has 0 saturated carbocycles. The quantitative estimate of drug-likeness (QED) is 0.680. The summed E-state index contributed by atoms with van der Waals surface area (Å²) in [5.41, 5.74) is 1.45. The molecule has 146 valence electrons. The predicted molar refractivity (Wildman–Crippen MR) is 110 cm³/mol. The van der Waals surface area contributed by atoms with Crippen LogP contribution < -0.4 is 5.32 Å². The summed E-state index contributed by atoms with van der Waals surface area (Å²) in [5.74, 6) is 1.14. The van der Waals surface area contributed by atoms with E-state index >= 15 is 0 Å². The molecule has 1 saturated heterocycles. The third kappa shape index (κ3) is 4.29. The van der Waals surface area contributed by atoms with Gasteiger partial charge < -0.3 is 10.2 Å². The average molecular weight is 387 g/mol. The minimum Gasteiger partial charge on any atom is -0.338 e. The molecule has 1 N–H and O–H groups in total. The van der Waals surface area contributed by atoms with Crippen molar-refractivity contribution < 1.29 is 9.59 Å². The first-order valence-corrected chi connectivity index (χ1v) is 9.52. The molecule has 2 amide bonds. The standard InChI is InChI=1S/C22H21N5O2/c1-2-21(28)26-19-8-7-17(13-23-19)22(29)27-10-9-15(14-27)11-20-24-12-16-5-3-4-6-18(16)25-20/h2-8,12-13,15H,1,9-11,14H2,(H,23,26,28)/t15-/m0/s1. The molecule has 2 aromatic heterocycles. The molecule has 0 unspecified atom stereocenters. The maximum atomic E-state index is 12.8. The number of fused-ring (bicyclic) bond motifs is 1. The van der Waals surface area contributed by atoms with Gasteiger partial charge in [-0.2, -0.15) is 0 Å². The van der Waals surface area contributed by atoms with Crippen LogP contribution in [0.5, 0.6) is 0 Å². The number of nitrogens with zero attached hydrogens (tertiary/aromatic N) is 4. The first-order valence-electron chi connectivity index (χ1n) is 9.52. The Bertz CT molecular complexity index is 1060. The molecular formula is C22H21N5O2. The van der Waals surface area contributed by atoms with Gasteiger partial charge in [0.15, 0.2) is 0 Å². The number of likely N-dealkylation sites (tertiary alicyclic amines) is 1. The smallest absolute Gasteiger partial charge is 0.255 e. The second-order valence-electron chi connectivity index (χ2n) is 7.08. The molecule has 4 rings (SSSR count). The number of pyridine rings is 1. The van der Waals surface area contributed by atoms with Crippen molar-refractivity contribution in [1.29, 1.82) is 0 Å². The monoisotopic (exact) mass is 387 g/mol. The van der Waals surface area contributed by atoms with E-state index in [9.17, 15) is 9.59 Å². The molecule has 0 spiro atoms. The molecule has 0 bridgehead atoms. The van der Waals surface area contributed by atoms with E-state index in [1.807, 2.05) is 35.4 Å². The Kier molecular flexibility index (Phi) is 5.29. The highest BCUT2D eigenvalue weighted by Gasteiger charge is 2.28. The third-order valence-corrected chi connectivity index (χ3v) is 5.03. The molecular weight excluding hydrogens is 366 g/mol. The van der Waals surface area contributed by atoms with E-state index in [2.05, 4.69) is 26.8 Å². The minimum absolute atomic E-state index is 0.0546. The summed E-state index contributed by atoms with van der Waals surface area (Å²) in [6.45, 7) is 4.77. The first-order chi connectivity index (χ1) is 14.1. The number of rotatable bonds is 5. The van der Waals surface area contributed by atoms with Gasteiger partial charge in [-0.3, -0.25) is 9.59 Å². The molecule has 29 heavy (non-hydrogen) atoms. The zero-order valence-electron chi connectivity index (χ0n) is 15.9. The zero-order chi connectivity index (χ0) is 20.2. The van der Waals surface area contributed by atoms with Crippen LogP contribution in [0.2, 0.25) is 0 Å². The SMILES string of the molecule is C=CC(=O)Nc1ccc(C(=O)N2CC[C@@H](Cc3ncc4ccccc4n3)C2)cn1. The number of nitrogens with one attached hydrogen (secondary N) is 1. The lowest BCUT2D eigenvalue weighted by molar-refractivity contribution is -0.111. The van der Waals surface area contributed by atoms with Gasteiger partial charge >= 0.3 is 0 Å². The van der Waals surface area contributed by atoms with Crippen molar-refractivity contribution in [2.24, 2.45) is 5.92 Å². The van der Waals surface area contributed by atoms with E-state index in [-0.39, 0.29) is 11.8 Å². The van der Waals surface area contributed by atoms with Gasteiger partial charge in [0.2, 0.25) is 5.91 Å². The number of aromatic nitrogens is 3. The molecule has 1 fully saturated rings. The molecule has 7 nitrogen and oxygen atoms in total. The highest BCUT2D eigenvalue weighted by molar-refractivity contribution is 5.98. The number of amides is 2. The summed E-state index contributed by atoms with van der Waals surface area (Å²) >= 11 is 0. The molecule has 1 aliphatic heterocycles. The van der Waals surface area contributed by atoms with Gasteiger partial charge in [-0.15, -0.1) is 0 Å². The van der Waals surface area contributed by atoms with Gasteiger partial charge in [-0.05, 0) is 36.6 Å². The second-order valence-corrected chi connectivity index (χ2v) is 7.08. The van der Waals surface area contributed by atoms with Crippen LogP contribution in [0.15, 0.2) is 61.4 Å². The Morgan fingerprint density at radius 2 is 2.03 bits per heavy atom. The lowest BCUT2D eigenvalue weighted by atomic mass is 10.0. The van der Waals surface area contributed by atoms with Gasteiger partial charge in [0.1, 0.15) is 11.6 Å². The topological polar surface area (TPSA) is 88.1 Å². The van der Waals surface area contributed by atoms with Crippen LogP contribution in [0.4, 0.5) is 5.82 Å². The summed E-state index contributed by atoms with van der Waals surface area (Å²) in [7, 11) is 0. The number of hydrogen-bond acceptors (Lipinski definition) is 5. The van der Waals surface area contributed by atoms with Crippen molar-refractivity contribution in [2.45, 2.75) is 12.8 Å². The zero-order valence-corrected chi connectivity index (χ0v) is 15.9. The van der Waals surface area contributed by atoms with Gasteiger partial charge in [0, 0.05) is 37.3 Å². The number of hydrogen-bond donors (Lipinski definition) is 1. The van der Waals surface area contributed by atoms with E-state index in [1.165, 1.54) is 12.3 Å². The van der Waals surface area contributed by atoms with Gasteiger partial charge in [0.25, 0.3) is 5.91 Å². The van der Waals surface area contributed by atoms with Crippen molar-refractivity contribution in [3.05, 3.63) is 72.8 Å². The van der Waals surface area contributed by atoms with Crippen LogP contribution in [-0.4, -0.2) is 44.8 Å². The van der Waals surface area contributed by atoms with E-state index in [4.69, 9.17) is 0 Å². The molecule has 3 heterocycles. The summed E-state index contributed by atoms with van der Waals surface area (Å²) in [4.78, 5) is 39.2. The number of carbonyl (C=O) groups excluding carboxylic acids is 2. The number of carbonyl (C=O) groups is 2. The summed E-state index contributed by atoms with van der Waals surface area (Å²) in [5, 5.41) is 3.59. The molecule has 1 atom stereocenters. The largest absolute Gasteiger partial charge is 0.338 e. The van der Waals surface area contributed by atoms with Crippen molar-refractivity contribution in [3.8, 4) is 0 Å². The Labute approximate surface area is 168 Å². The molecule has 3 aromatic rings. The number of para-hydroxylation sites is 1. The van der Waals surface area contributed by atoms with Crippen molar-refractivity contribution in [3.63, 3.8) is 0 Å². The highest BCUT2D eigenvalue weighted by Crippen LogP contribution is 2.22. The van der Waals surface area contributed by atoms with E-state index in [1.54, 1.807) is 12.1 Å². The van der Waals surface area contributed by atoms with Crippen LogP contribution in [0.1, 0.15) is 22.6 Å². The second kappa shape index (κ2) is 8.18. The lowest BCUT2D eigenvalue weighted by Gasteiger charge is -2.16. The summed E-state index contributed by atoms with van der Waals surface area (Å²) < 4.78 is 0. The average Bonchev–Trinajstić information content (AvgIpc) is 3.22. The van der Waals surface area contributed by atoms with Gasteiger partial charge in [-0.25, -0.2) is 15.0 Å². The van der Waals surface area contributed by atoms with Crippen LogP contribution >= 0.6 is 0 Å². The van der Waals surface area contributed by atoms with Crippen LogP contribution in [0.3, 0.4) is 0 Å². The van der Waals surface area contributed by atoms with Crippen molar-refractivity contribution in [1.82, 2.24) is 19.9 Å². The first kappa shape index (κ1) is 18.7. The summed E-state index contributed by atoms with van der Waals surface area (Å²) in [6, 6.07) is 11.2. The summed E-state index contributed by atoms with van der Waals surface area (Å²) in [6.07, 6.45) is 6.18. The Balaban J connectivity index is 1.37. The molecule has 7 heteroatoms. The Hall–Kier alpha value is -3.61. The minimum atomic E-state index is -0.338. The van der Waals surface area contributed by atoms with Gasteiger partial charge in [0.05, 0.1) is 11.1 Å². The predicted octanol–water partition coefficient (Wildman–Crippen LogP) is 2.85. The normalized spacial score (nSPS) is 16.0. The highest BCUT2D eigenvalue weighted by atomic mass is 16.2. The van der Waals surface area contributed by atoms with E-state index in [0.717, 1.165) is 29.6 Å². The molecule has 0 radical (unpaired) electrons. The third-order valence-electron chi connectivity index (χ3n) is 5.03.